The van der Waals surface area contributed by atoms with Gasteiger partial charge in [0, 0.05) is 43.6 Å². The van der Waals surface area contributed by atoms with Crippen molar-refractivity contribution < 1.29 is 13.2 Å². The molecular weight excluding hydrogens is 352 g/mol. The number of hydrogen-bond donors (Lipinski definition) is 1. The number of rotatable bonds is 7. The van der Waals surface area contributed by atoms with Gasteiger partial charge in [0.1, 0.15) is 0 Å². The second-order valence-electron chi connectivity index (χ2n) is 6.95. The molecule has 1 aliphatic rings. The summed E-state index contributed by atoms with van der Waals surface area (Å²) in [5.41, 5.74) is 1.80. The van der Waals surface area contributed by atoms with Crippen LogP contribution in [-0.4, -0.2) is 75.6 Å². The second-order valence-corrected chi connectivity index (χ2v) is 8.89. The van der Waals surface area contributed by atoms with Crippen molar-refractivity contribution in [3.63, 3.8) is 0 Å². The smallest absolute Gasteiger partial charge is 0.239 e. The normalized spacial score (nSPS) is 17.3. The Morgan fingerprint density at radius 3 is 2.27 bits per heavy atom. The van der Waals surface area contributed by atoms with E-state index in [0.717, 1.165) is 38.1 Å². The van der Waals surface area contributed by atoms with Crippen LogP contribution in [0.3, 0.4) is 0 Å². The van der Waals surface area contributed by atoms with Gasteiger partial charge in [-0.15, -0.1) is 0 Å². The highest BCUT2D eigenvalue weighted by Crippen LogP contribution is 2.19. The molecule has 0 aromatic heterocycles. The lowest BCUT2D eigenvalue weighted by atomic mass is 10.2. The molecule has 1 unspecified atom stereocenters. The van der Waals surface area contributed by atoms with Gasteiger partial charge in [0.2, 0.25) is 15.9 Å². The molecule has 8 heteroatoms. The zero-order valence-electron chi connectivity index (χ0n) is 16.1. The number of nitrogens with zero attached hydrogens (tertiary/aromatic N) is 3. The molecule has 1 aromatic rings. The molecule has 1 amide bonds. The van der Waals surface area contributed by atoms with Crippen LogP contribution in [0.1, 0.15) is 20.3 Å². The third kappa shape index (κ3) is 5.69. The minimum absolute atomic E-state index is 0.173. The maximum Gasteiger partial charge on any atom is 0.239 e. The quantitative estimate of drug-likeness (QED) is 0.772. The maximum atomic E-state index is 12.3. The zero-order valence-corrected chi connectivity index (χ0v) is 16.9. The number of anilines is 2. The second kappa shape index (κ2) is 8.83. The van der Waals surface area contributed by atoms with Gasteiger partial charge in [-0.1, -0.05) is 6.92 Å². The summed E-state index contributed by atoms with van der Waals surface area (Å²) in [6.07, 6.45) is 1.79. The number of piperazine rings is 1. The zero-order chi connectivity index (χ0) is 19.3. The van der Waals surface area contributed by atoms with Crippen molar-refractivity contribution in [2.24, 2.45) is 0 Å². The number of carbonyl (C=O) groups excluding carboxylic acids is 1. The number of sulfonamides is 1. The lowest BCUT2D eigenvalue weighted by Crippen LogP contribution is -2.44. The van der Waals surface area contributed by atoms with E-state index < -0.39 is 10.0 Å². The Morgan fingerprint density at radius 1 is 1.19 bits per heavy atom. The van der Waals surface area contributed by atoms with Crippen LogP contribution < -0.4 is 10.2 Å². The molecule has 7 nitrogen and oxygen atoms in total. The molecule has 1 aliphatic heterocycles. The Morgan fingerprint density at radius 2 is 1.77 bits per heavy atom. The summed E-state index contributed by atoms with van der Waals surface area (Å²) in [6.45, 7) is 7.58. The van der Waals surface area contributed by atoms with E-state index >= 15 is 0 Å². The number of likely N-dealkylation sites (N-methyl/N-ethyl adjacent to an activating group) is 1. The van der Waals surface area contributed by atoms with E-state index in [9.17, 15) is 13.2 Å². The summed E-state index contributed by atoms with van der Waals surface area (Å²) in [7, 11) is -1.31. The average molecular weight is 383 g/mol. The lowest BCUT2D eigenvalue weighted by molar-refractivity contribution is -0.116. The molecule has 1 aromatic carbocycles. The molecule has 1 N–H and O–H groups in total. The Bertz CT molecular complexity index is 698. The number of benzene rings is 1. The Balaban J connectivity index is 1.96. The highest BCUT2D eigenvalue weighted by atomic mass is 32.2. The molecule has 1 fully saturated rings. The van der Waals surface area contributed by atoms with Crippen LogP contribution in [0.4, 0.5) is 11.4 Å². The van der Waals surface area contributed by atoms with Crippen LogP contribution in [0, 0.1) is 0 Å². The molecule has 0 saturated carbocycles. The van der Waals surface area contributed by atoms with Crippen molar-refractivity contribution in [3.8, 4) is 0 Å². The molecule has 2 rings (SSSR count). The van der Waals surface area contributed by atoms with Crippen molar-refractivity contribution in [1.82, 2.24) is 9.21 Å². The predicted molar refractivity (Wildman–Crippen MR) is 106 cm³/mol. The van der Waals surface area contributed by atoms with Crippen LogP contribution in [0.2, 0.25) is 0 Å². The first-order valence-electron chi connectivity index (χ1n) is 9.01. The van der Waals surface area contributed by atoms with Gasteiger partial charge in [-0.2, -0.15) is 4.31 Å². The molecule has 0 radical (unpaired) electrons. The number of amides is 1. The van der Waals surface area contributed by atoms with E-state index in [4.69, 9.17) is 0 Å². The lowest BCUT2D eigenvalue weighted by Gasteiger charge is -2.34. The molecule has 1 atom stereocenters. The van der Waals surface area contributed by atoms with Gasteiger partial charge in [0.05, 0.1) is 12.8 Å². The van der Waals surface area contributed by atoms with Gasteiger partial charge in [-0.05, 0) is 44.7 Å². The number of hydrogen-bond acceptors (Lipinski definition) is 5. The highest BCUT2D eigenvalue weighted by molar-refractivity contribution is 7.88. The van der Waals surface area contributed by atoms with Crippen LogP contribution in [-0.2, 0) is 14.8 Å². The molecule has 26 heavy (non-hydrogen) atoms. The van der Waals surface area contributed by atoms with E-state index in [2.05, 4.69) is 22.2 Å². The van der Waals surface area contributed by atoms with Crippen LogP contribution in [0.15, 0.2) is 24.3 Å². The summed E-state index contributed by atoms with van der Waals surface area (Å²) in [6, 6.07) is 7.49. The fourth-order valence-electron chi connectivity index (χ4n) is 2.97. The predicted octanol–water partition coefficient (Wildman–Crippen LogP) is 1.44. The minimum Gasteiger partial charge on any atom is -0.369 e. The van der Waals surface area contributed by atoms with Crippen molar-refractivity contribution in [1.29, 1.82) is 0 Å². The molecule has 1 heterocycles. The maximum absolute atomic E-state index is 12.3. The van der Waals surface area contributed by atoms with Crippen LogP contribution >= 0.6 is 0 Å². The molecule has 0 spiro atoms. The number of carbonyl (C=O) groups is 1. The van der Waals surface area contributed by atoms with Crippen molar-refractivity contribution >= 4 is 27.3 Å². The average Bonchev–Trinajstić information content (AvgIpc) is 2.59. The van der Waals surface area contributed by atoms with E-state index in [1.807, 2.05) is 31.2 Å². The molecule has 1 saturated heterocycles. The summed E-state index contributed by atoms with van der Waals surface area (Å²) >= 11 is 0. The van der Waals surface area contributed by atoms with Gasteiger partial charge in [0.15, 0.2) is 0 Å². The summed E-state index contributed by atoms with van der Waals surface area (Å²) in [5.74, 6) is -0.330. The Hall–Kier alpha value is -1.64. The van der Waals surface area contributed by atoms with Gasteiger partial charge >= 0.3 is 0 Å². The number of nitrogens with one attached hydrogen (secondary N) is 1. The SMILES string of the molecule is CCC(C)N(CC(=O)Nc1ccc(N2CCN(C)CC2)cc1)S(C)(=O)=O. The van der Waals surface area contributed by atoms with Crippen molar-refractivity contribution in [3.05, 3.63) is 24.3 Å². The van der Waals surface area contributed by atoms with E-state index in [-0.39, 0.29) is 18.5 Å². The van der Waals surface area contributed by atoms with Crippen molar-refractivity contribution in [2.45, 2.75) is 26.3 Å². The summed E-state index contributed by atoms with van der Waals surface area (Å²) < 4.78 is 25.0. The van der Waals surface area contributed by atoms with E-state index in [1.165, 1.54) is 4.31 Å². The highest BCUT2D eigenvalue weighted by Gasteiger charge is 2.24. The van der Waals surface area contributed by atoms with Gasteiger partial charge < -0.3 is 15.1 Å². The largest absolute Gasteiger partial charge is 0.369 e. The fraction of sp³-hybridized carbons (Fsp3) is 0.611. The Kier molecular flexibility index (Phi) is 7.02. The topological polar surface area (TPSA) is 73.0 Å². The third-order valence-electron chi connectivity index (χ3n) is 4.83. The third-order valence-corrected chi connectivity index (χ3v) is 6.17. The first-order chi connectivity index (χ1) is 12.2. The van der Waals surface area contributed by atoms with Crippen LogP contribution in [0.5, 0.6) is 0 Å². The van der Waals surface area contributed by atoms with Crippen molar-refractivity contribution in [2.75, 3.05) is 56.2 Å². The first-order valence-corrected chi connectivity index (χ1v) is 10.9. The molecule has 0 bridgehead atoms. The van der Waals surface area contributed by atoms with E-state index in [0.29, 0.717) is 12.1 Å². The molecule has 0 aliphatic carbocycles. The monoisotopic (exact) mass is 382 g/mol. The summed E-state index contributed by atoms with van der Waals surface area (Å²) in [4.78, 5) is 16.9. The molecular formula is C18H30N4O3S. The minimum atomic E-state index is -3.43. The standard InChI is InChI=1S/C18H30N4O3S/c1-5-15(2)22(26(4,24)25)14-18(23)19-16-6-8-17(9-7-16)21-12-10-20(3)11-13-21/h6-9,15H,5,10-14H2,1-4H3,(H,19,23). The fourth-order valence-corrected chi connectivity index (χ4v) is 4.12. The van der Waals surface area contributed by atoms with E-state index in [1.54, 1.807) is 6.92 Å². The van der Waals surface area contributed by atoms with Gasteiger partial charge in [-0.3, -0.25) is 4.79 Å². The van der Waals surface area contributed by atoms with Gasteiger partial charge in [-0.25, -0.2) is 8.42 Å². The molecule has 146 valence electrons. The van der Waals surface area contributed by atoms with Crippen LogP contribution in [0.25, 0.3) is 0 Å². The summed E-state index contributed by atoms with van der Waals surface area (Å²) in [5, 5.41) is 2.79. The van der Waals surface area contributed by atoms with Gasteiger partial charge in [0.25, 0.3) is 0 Å². The Labute approximate surface area is 157 Å². The first kappa shape index (κ1) is 20.7.